The Labute approximate surface area is 66.2 Å². The molecule has 0 amide bonds. The third-order valence-corrected chi connectivity index (χ3v) is 0.795. The van der Waals surface area contributed by atoms with Gasteiger partial charge in [0.1, 0.15) is 0 Å². The lowest BCUT2D eigenvalue weighted by molar-refractivity contribution is -0.264. The molecule has 0 saturated heterocycles. The standard InChI is InChI=1S/C8H12O3/c1-3-5-6-7-8(9)11-10-4-2/h3,5-7H,4H2,1-2H3/b5-3+,7-6+. The zero-order chi connectivity index (χ0) is 8.53. The Bertz CT molecular complexity index is 159. The molecule has 0 N–H and O–H groups in total. The highest BCUT2D eigenvalue weighted by Crippen LogP contribution is 1.84. The first-order chi connectivity index (χ1) is 5.31. The molecule has 0 radical (unpaired) electrons. The Morgan fingerprint density at radius 1 is 1.45 bits per heavy atom. The van der Waals surface area contributed by atoms with Gasteiger partial charge in [0, 0.05) is 6.08 Å². The normalized spacial score (nSPS) is 11.1. The van der Waals surface area contributed by atoms with E-state index in [4.69, 9.17) is 0 Å². The first-order valence-electron chi connectivity index (χ1n) is 3.44. The van der Waals surface area contributed by atoms with Crippen molar-refractivity contribution in [3.63, 3.8) is 0 Å². The van der Waals surface area contributed by atoms with Gasteiger partial charge in [-0.05, 0) is 13.8 Å². The van der Waals surface area contributed by atoms with E-state index in [1.165, 1.54) is 6.08 Å². The molecule has 0 aliphatic heterocycles. The average Bonchev–Trinajstić information content (AvgIpc) is 2.01. The van der Waals surface area contributed by atoms with Crippen molar-refractivity contribution < 1.29 is 14.6 Å². The highest BCUT2D eigenvalue weighted by atomic mass is 17.2. The molecule has 0 rings (SSSR count). The van der Waals surface area contributed by atoms with Crippen molar-refractivity contribution in [1.29, 1.82) is 0 Å². The van der Waals surface area contributed by atoms with Crippen molar-refractivity contribution in [1.82, 2.24) is 0 Å². The number of carbonyl (C=O) groups is 1. The van der Waals surface area contributed by atoms with Crippen LogP contribution in [-0.4, -0.2) is 12.6 Å². The van der Waals surface area contributed by atoms with Crippen molar-refractivity contribution in [3.05, 3.63) is 24.3 Å². The van der Waals surface area contributed by atoms with Crippen molar-refractivity contribution >= 4 is 5.97 Å². The minimum Gasteiger partial charge on any atom is -0.294 e. The third-order valence-electron chi connectivity index (χ3n) is 0.795. The van der Waals surface area contributed by atoms with Crippen LogP contribution < -0.4 is 0 Å². The van der Waals surface area contributed by atoms with E-state index in [2.05, 4.69) is 9.78 Å². The van der Waals surface area contributed by atoms with Crippen LogP contribution in [0.15, 0.2) is 24.3 Å². The van der Waals surface area contributed by atoms with Crippen LogP contribution in [0.25, 0.3) is 0 Å². The molecule has 0 aromatic carbocycles. The molecule has 3 heteroatoms. The van der Waals surface area contributed by atoms with E-state index in [0.717, 1.165) is 0 Å². The minimum absolute atomic E-state index is 0.364. The van der Waals surface area contributed by atoms with Crippen LogP contribution in [0, 0.1) is 0 Å². The summed E-state index contributed by atoms with van der Waals surface area (Å²) in [5.41, 5.74) is 0. The number of hydrogen-bond donors (Lipinski definition) is 0. The summed E-state index contributed by atoms with van der Waals surface area (Å²) in [5.74, 6) is -0.495. The monoisotopic (exact) mass is 156 g/mol. The van der Waals surface area contributed by atoms with Crippen molar-refractivity contribution in [2.45, 2.75) is 13.8 Å². The SMILES string of the molecule is C/C=C/C=C/C(=O)OOCC. The summed E-state index contributed by atoms with van der Waals surface area (Å²) in [6, 6.07) is 0. The summed E-state index contributed by atoms with van der Waals surface area (Å²) in [5, 5.41) is 0. The molecular weight excluding hydrogens is 144 g/mol. The van der Waals surface area contributed by atoms with Crippen molar-refractivity contribution in [2.24, 2.45) is 0 Å². The van der Waals surface area contributed by atoms with Gasteiger partial charge >= 0.3 is 5.97 Å². The van der Waals surface area contributed by atoms with Gasteiger partial charge in [0.2, 0.25) is 0 Å². The van der Waals surface area contributed by atoms with Gasteiger partial charge in [0.25, 0.3) is 0 Å². The summed E-state index contributed by atoms with van der Waals surface area (Å²) >= 11 is 0. The van der Waals surface area contributed by atoms with Crippen LogP contribution in [-0.2, 0) is 14.6 Å². The van der Waals surface area contributed by atoms with Gasteiger partial charge < -0.3 is 0 Å². The minimum atomic E-state index is -0.495. The maximum Gasteiger partial charge on any atom is 0.365 e. The maximum atomic E-state index is 10.6. The number of hydrogen-bond acceptors (Lipinski definition) is 3. The van der Waals surface area contributed by atoms with E-state index in [1.807, 2.05) is 13.0 Å². The summed E-state index contributed by atoms with van der Waals surface area (Å²) < 4.78 is 0. The zero-order valence-corrected chi connectivity index (χ0v) is 6.74. The van der Waals surface area contributed by atoms with Crippen LogP contribution in [0.2, 0.25) is 0 Å². The highest BCUT2D eigenvalue weighted by molar-refractivity contribution is 5.81. The Morgan fingerprint density at radius 3 is 2.73 bits per heavy atom. The first kappa shape index (κ1) is 9.91. The van der Waals surface area contributed by atoms with Gasteiger partial charge in [0.15, 0.2) is 0 Å². The molecular formula is C8H12O3. The van der Waals surface area contributed by atoms with Crippen LogP contribution in [0.1, 0.15) is 13.8 Å². The fraction of sp³-hybridized carbons (Fsp3) is 0.375. The summed E-state index contributed by atoms with van der Waals surface area (Å²) in [6.07, 6.45) is 6.41. The first-order valence-corrected chi connectivity index (χ1v) is 3.44. The Balaban J connectivity index is 3.51. The number of rotatable bonds is 4. The molecule has 0 aliphatic rings. The summed E-state index contributed by atoms with van der Waals surface area (Å²) in [6.45, 7) is 3.96. The Hall–Kier alpha value is -1.09. The smallest absolute Gasteiger partial charge is 0.294 e. The fourth-order valence-corrected chi connectivity index (χ4v) is 0.390. The van der Waals surface area contributed by atoms with Gasteiger partial charge in [0.05, 0.1) is 6.61 Å². The molecule has 62 valence electrons. The Kier molecular flexibility index (Phi) is 6.33. The van der Waals surface area contributed by atoms with E-state index in [0.29, 0.717) is 6.61 Å². The predicted molar refractivity (Wildman–Crippen MR) is 41.7 cm³/mol. The van der Waals surface area contributed by atoms with E-state index in [1.54, 1.807) is 19.1 Å². The largest absolute Gasteiger partial charge is 0.365 e. The second-order valence-corrected chi connectivity index (χ2v) is 1.69. The molecule has 11 heavy (non-hydrogen) atoms. The highest BCUT2D eigenvalue weighted by Gasteiger charge is 1.93. The Morgan fingerprint density at radius 2 is 2.18 bits per heavy atom. The average molecular weight is 156 g/mol. The van der Waals surface area contributed by atoms with E-state index in [-0.39, 0.29) is 0 Å². The molecule has 0 saturated carbocycles. The van der Waals surface area contributed by atoms with Crippen LogP contribution in [0.4, 0.5) is 0 Å². The molecule has 0 spiro atoms. The second-order valence-electron chi connectivity index (χ2n) is 1.69. The fourth-order valence-electron chi connectivity index (χ4n) is 0.390. The molecule has 0 bridgehead atoms. The second kappa shape index (κ2) is 7.02. The van der Waals surface area contributed by atoms with Gasteiger partial charge in [-0.2, -0.15) is 4.89 Å². The molecule has 0 atom stereocenters. The summed E-state index contributed by atoms with van der Waals surface area (Å²) in [4.78, 5) is 19.3. The lowest BCUT2D eigenvalue weighted by Gasteiger charge is -1.94. The van der Waals surface area contributed by atoms with Gasteiger partial charge in [-0.15, -0.1) is 0 Å². The zero-order valence-electron chi connectivity index (χ0n) is 6.74. The van der Waals surface area contributed by atoms with Crippen molar-refractivity contribution in [2.75, 3.05) is 6.61 Å². The van der Waals surface area contributed by atoms with Crippen LogP contribution in [0.5, 0.6) is 0 Å². The number of carbonyl (C=O) groups excluding carboxylic acids is 1. The summed E-state index contributed by atoms with van der Waals surface area (Å²) in [7, 11) is 0. The molecule has 3 nitrogen and oxygen atoms in total. The maximum absolute atomic E-state index is 10.6. The number of allylic oxidation sites excluding steroid dienone is 3. The molecule has 0 aliphatic carbocycles. The lowest BCUT2D eigenvalue weighted by Crippen LogP contribution is -2.00. The quantitative estimate of drug-likeness (QED) is 0.268. The third kappa shape index (κ3) is 6.80. The van der Waals surface area contributed by atoms with E-state index >= 15 is 0 Å². The topological polar surface area (TPSA) is 35.5 Å². The van der Waals surface area contributed by atoms with Gasteiger partial charge in [-0.3, -0.25) is 4.89 Å². The van der Waals surface area contributed by atoms with Crippen LogP contribution in [0.3, 0.4) is 0 Å². The van der Waals surface area contributed by atoms with E-state index in [9.17, 15) is 4.79 Å². The van der Waals surface area contributed by atoms with Gasteiger partial charge in [-0.25, -0.2) is 4.79 Å². The van der Waals surface area contributed by atoms with Crippen molar-refractivity contribution in [3.8, 4) is 0 Å². The molecule has 0 aromatic heterocycles. The molecule has 0 unspecified atom stereocenters. The molecule has 0 fully saturated rings. The predicted octanol–water partition coefficient (Wildman–Crippen LogP) is 1.61. The molecule has 0 aromatic rings. The lowest BCUT2D eigenvalue weighted by atomic mass is 10.4. The van der Waals surface area contributed by atoms with Crippen LogP contribution >= 0.6 is 0 Å². The van der Waals surface area contributed by atoms with E-state index < -0.39 is 5.97 Å². The molecule has 0 heterocycles. The van der Waals surface area contributed by atoms with Gasteiger partial charge in [-0.1, -0.05) is 18.2 Å².